The van der Waals surface area contributed by atoms with Crippen molar-refractivity contribution in [1.29, 1.82) is 0 Å². The number of nitrogens with one attached hydrogen (secondary N) is 4. The van der Waals surface area contributed by atoms with Gasteiger partial charge in [-0.15, -0.1) is 0 Å². The molecule has 1 aliphatic rings. The van der Waals surface area contributed by atoms with E-state index in [4.69, 9.17) is 9.47 Å². The summed E-state index contributed by atoms with van der Waals surface area (Å²) in [4.78, 5) is 26.5. The number of carbonyl (C=O) groups is 2. The number of benzene rings is 1. The van der Waals surface area contributed by atoms with E-state index < -0.39 is 6.03 Å². The molecule has 0 spiro atoms. The molecular formula is C20H34N4O4+2. The lowest BCUT2D eigenvalue weighted by Gasteiger charge is -2.29. The predicted octanol–water partition coefficient (Wildman–Crippen LogP) is -1.39. The number of imide groups is 1. The van der Waals surface area contributed by atoms with Gasteiger partial charge in [-0.05, 0) is 31.5 Å². The monoisotopic (exact) mass is 394 g/mol. The number of urea groups is 1. The van der Waals surface area contributed by atoms with Crippen LogP contribution in [-0.2, 0) is 11.3 Å². The molecule has 1 heterocycles. The molecule has 2 rings (SSSR count). The van der Waals surface area contributed by atoms with Gasteiger partial charge in [-0.25, -0.2) is 4.79 Å². The highest BCUT2D eigenvalue weighted by molar-refractivity contribution is 5.94. The predicted molar refractivity (Wildman–Crippen MR) is 106 cm³/mol. The summed E-state index contributed by atoms with van der Waals surface area (Å²) < 4.78 is 10.7. The number of methoxy groups -OCH3 is 2. The third-order valence-electron chi connectivity index (χ3n) is 5.22. The van der Waals surface area contributed by atoms with Gasteiger partial charge in [0.15, 0.2) is 18.0 Å². The van der Waals surface area contributed by atoms with E-state index in [1.807, 2.05) is 26.0 Å². The quantitative estimate of drug-likeness (QED) is 0.438. The number of piperazine rings is 1. The molecule has 28 heavy (non-hydrogen) atoms. The third kappa shape index (κ3) is 6.69. The van der Waals surface area contributed by atoms with E-state index in [1.165, 1.54) is 15.4 Å². The zero-order chi connectivity index (χ0) is 20.5. The zero-order valence-electron chi connectivity index (χ0n) is 17.4. The van der Waals surface area contributed by atoms with Gasteiger partial charge in [0.1, 0.15) is 32.7 Å². The molecule has 1 fully saturated rings. The van der Waals surface area contributed by atoms with Crippen LogP contribution in [-0.4, -0.2) is 64.9 Å². The van der Waals surface area contributed by atoms with Gasteiger partial charge in [-0.1, -0.05) is 6.92 Å². The molecule has 8 nitrogen and oxygen atoms in total. The summed E-state index contributed by atoms with van der Waals surface area (Å²) in [6.45, 7) is 8.92. The second-order valence-electron chi connectivity index (χ2n) is 7.37. The van der Waals surface area contributed by atoms with E-state index in [-0.39, 0.29) is 11.9 Å². The fourth-order valence-electron chi connectivity index (χ4n) is 3.35. The van der Waals surface area contributed by atoms with Crippen molar-refractivity contribution >= 4 is 11.9 Å². The molecule has 0 aromatic heterocycles. The highest BCUT2D eigenvalue weighted by atomic mass is 16.5. The topological polar surface area (TPSA) is 85.5 Å². The summed E-state index contributed by atoms with van der Waals surface area (Å²) >= 11 is 0. The molecule has 4 N–H and O–H groups in total. The maximum atomic E-state index is 12.1. The van der Waals surface area contributed by atoms with Gasteiger partial charge < -0.3 is 24.6 Å². The van der Waals surface area contributed by atoms with Crippen LogP contribution in [0.25, 0.3) is 0 Å². The van der Waals surface area contributed by atoms with Crippen LogP contribution in [0.15, 0.2) is 18.2 Å². The SMILES string of the molecule is CC[C@@H](C)NC(=O)NC(=O)C[NH+]1CC[NH+](Cc2ccc(OC)c(OC)c2)CC1. The van der Waals surface area contributed by atoms with Crippen LogP contribution in [0.2, 0.25) is 0 Å². The van der Waals surface area contributed by atoms with Crippen molar-refractivity contribution in [1.82, 2.24) is 10.6 Å². The van der Waals surface area contributed by atoms with Crippen LogP contribution in [0, 0.1) is 0 Å². The Labute approximate surface area is 167 Å². The molecule has 1 aromatic carbocycles. The minimum atomic E-state index is -0.406. The fraction of sp³-hybridized carbons (Fsp3) is 0.600. The lowest BCUT2D eigenvalue weighted by atomic mass is 10.1. The van der Waals surface area contributed by atoms with Gasteiger partial charge in [0.25, 0.3) is 5.91 Å². The minimum absolute atomic E-state index is 0.0591. The number of amides is 3. The smallest absolute Gasteiger partial charge is 0.321 e. The van der Waals surface area contributed by atoms with Crippen LogP contribution in [0.1, 0.15) is 25.8 Å². The zero-order valence-corrected chi connectivity index (χ0v) is 17.4. The van der Waals surface area contributed by atoms with Crippen molar-refractivity contribution in [2.24, 2.45) is 0 Å². The summed E-state index contributed by atoms with van der Waals surface area (Å²) in [7, 11) is 3.28. The van der Waals surface area contributed by atoms with Crippen LogP contribution >= 0.6 is 0 Å². The Kier molecular flexibility index (Phi) is 8.53. The third-order valence-corrected chi connectivity index (χ3v) is 5.22. The molecule has 1 aromatic rings. The number of quaternary nitrogens is 2. The molecule has 1 atom stereocenters. The van der Waals surface area contributed by atoms with Crippen LogP contribution in [0.4, 0.5) is 4.79 Å². The Hall–Kier alpha value is -2.32. The summed E-state index contributed by atoms with van der Waals surface area (Å²) in [5.74, 6) is 1.26. The van der Waals surface area contributed by atoms with Crippen molar-refractivity contribution in [2.45, 2.75) is 32.9 Å². The largest absolute Gasteiger partial charge is 0.493 e. The number of ether oxygens (including phenoxy) is 2. The first-order valence-corrected chi connectivity index (χ1v) is 9.93. The first kappa shape index (κ1) is 22.0. The molecule has 156 valence electrons. The molecule has 3 amide bonds. The summed E-state index contributed by atoms with van der Waals surface area (Å²) in [5.41, 5.74) is 1.20. The van der Waals surface area contributed by atoms with E-state index in [1.54, 1.807) is 14.2 Å². The van der Waals surface area contributed by atoms with Crippen molar-refractivity contribution < 1.29 is 28.9 Å². The van der Waals surface area contributed by atoms with E-state index in [9.17, 15) is 9.59 Å². The Morgan fingerprint density at radius 1 is 1.07 bits per heavy atom. The Balaban J connectivity index is 1.75. The average molecular weight is 395 g/mol. The van der Waals surface area contributed by atoms with Crippen molar-refractivity contribution in [2.75, 3.05) is 46.9 Å². The van der Waals surface area contributed by atoms with Crippen molar-refractivity contribution in [3.63, 3.8) is 0 Å². The summed E-state index contributed by atoms with van der Waals surface area (Å²) in [5, 5.41) is 5.17. The van der Waals surface area contributed by atoms with Gasteiger partial charge in [0.05, 0.1) is 14.2 Å². The molecule has 0 saturated carbocycles. The maximum Gasteiger partial charge on any atom is 0.321 e. The molecule has 8 heteroatoms. The standard InChI is InChI=1S/C20H32N4O4/c1-5-15(2)21-20(26)22-19(25)14-24-10-8-23(9-11-24)13-16-6-7-17(27-3)18(12-16)28-4/h6-7,12,15H,5,8-11,13-14H2,1-4H3,(H2,21,22,25,26)/p+2/t15-/m1/s1. The van der Waals surface area contributed by atoms with E-state index in [2.05, 4.69) is 16.7 Å². The number of carbonyl (C=O) groups excluding carboxylic acids is 2. The highest BCUT2D eigenvalue weighted by Crippen LogP contribution is 2.27. The van der Waals surface area contributed by atoms with E-state index in [0.717, 1.165) is 50.6 Å². The Morgan fingerprint density at radius 2 is 1.71 bits per heavy atom. The van der Waals surface area contributed by atoms with Gasteiger partial charge in [0.2, 0.25) is 0 Å². The number of hydrogen-bond acceptors (Lipinski definition) is 4. The van der Waals surface area contributed by atoms with Crippen LogP contribution in [0.3, 0.4) is 0 Å². The second kappa shape index (κ2) is 10.9. The first-order valence-electron chi connectivity index (χ1n) is 9.93. The summed E-state index contributed by atoms with van der Waals surface area (Å²) in [6.07, 6.45) is 0.831. The Bertz CT molecular complexity index is 660. The van der Waals surface area contributed by atoms with Crippen LogP contribution in [0.5, 0.6) is 11.5 Å². The van der Waals surface area contributed by atoms with E-state index >= 15 is 0 Å². The molecule has 0 unspecified atom stereocenters. The second-order valence-corrected chi connectivity index (χ2v) is 7.37. The first-order chi connectivity index (χ1) is 13.4. The fourth-order valence-corrected chi connectivity index (χ4v) is 3.35. The van der Waals surface area contributed by atoms with Crippen molar-refractivity contribution in [3.8, 4) is 11.5 Å². The van der Waals surface area contributed by atoms with Crippen LogP contribution < -0.4 is 29.9 Å². The van der Waals surface area contributed by atoms with Gasteiger partial charge >= 0.3 is 6.03 Å². The number of hydrogen-bond donors (Lipinski definition) is 4. The Morgan fingerprint density at radius 3 is 2.32 bits per heavy atom. The molecule has 0 radical (unpaired) electrons. The summed E-state index contributed by atoms with van der Waals surface area (Å²) in [6, 6.07) is 5.68. The normalized spacial score (nSPS) is 20.1. The van der Waals surface area contributed by atoms with Crippen molar-refractivity contribution in [3.05, 3.63) is 23.8 Å². The highest BCUT2D eigenvalue weighted by Gasteiger charge is 2.25. The van der Waals surface area contributed by atoms with E-state index in [0.29, 0.717) is 6.54 Å². The lowest BCUT2D eigenvalue weighted by molar-refractivity contribution is -1.02. The van der Waals surface area contributed by atoms with Gasteiger partial charge in [-0.2, -0.15) is 0 Å². The van der Waals surface area contributed by atoms with Gasteiger partial charge in [-0.3, -0.25) is 10.1 Å². The minimum Gasteiger partial charge on any atom is -0.493 e. The molecular weight excluding hydrogens is 360 g/mol. The van der Waals surface area contributed by atoms with Gasteiger partial charge in [0, 0.05) is 11.6 Å². The molecule has 1 aliphatic heterocycles. The number of rotatable bonds is 8. The lowest BCUT2D eigenvalue weighted by Crippen LogP contribution is -3.28. The average Bonchev–Trinajstić information content (AvgIpc) is 2.69. The molecule has 0 aliphatic carbocycles. The molecule has 1 saturated heterocycles. The maximum absolute atomic E-state index is 12.1. The molecule has 0 bridgehead atoms.